The van der Waals surface area contributed by atoms with E-state index < -0.39 is 24.2 Å². The van der Waals surface area contributed by atoms with E-state index in [1.807, 2.05) is 48.5 Å². The zero-order chi connectivity index (χ0) is 18.4. The van der Waals surface area contributed by atoms with Crippen molar-refractivity contribution in [3.63, 3.8) is 0 Å². The molecule has 0 bridgehead atoms. The Labute approximate surface area is 145 Å². The zero-order valence-electron chi connectivity index (χ0n) is 15.9. The number of hydrogen-bond acceptors (Lipinski definition) is 2. The minimum atomic E-state index is -2.85. The van der Waals surface area contributed by atoms with Crippen molar-refractivity contribution in [2.24, 2.45) is 5.41 Å². The highest BCUT2D eigenvalue weighted by atomic mass is 19.3. The molecule has 1 aliphatic rings. The molecule has 0 amide bonds. The van der Waals surface area contributed by atoms with E-state index in [9.17, 15) is 8.78 Å². The van der Waals surface area contributed by atoms with Crippen LogP contribution in [-0.4, -0.2) is 18.3 Å². The van der Waals surface area contributed by atoms with Crippen LogP contribution in [0.4, 0.5) is 8.78 Å². The predicted molar refractivity (Wildman–Crippen MR) is 94.7 cm³/mol. The summed E-state index contributed by atoms with van der Waals surface area (Å²) >= 11 is 0. The molecule has 0 N–H and O–H groups in total. The summed E-state index contributed by atoms with van der Waals surface area (Å²) in [4.78, 5) is 0. The summed E-state index contributed by atoms with van der Waals surface area (Å²) in [5, 5.41) is 0. The number of halogens is 2. The van der Waals surface area contributed by atoms with E-state index in [0.29, 0.717) is 11.9 Å². The molecule has 0 unspecified atom stereocenters. The van der Waals surface area contributed by atoms with Crippen LogP contribution < -0.4 is 5.46 Å². The second kappa shape index (κ2) is 6.10. The molecule has 1 heterocycles. The Morgan fingerprint density at radius 2 is 1.50 bits per heavy atom. The smallest absolute Gasteiger partial charge is 0.399 e. The van der Waals surface area contributed by atoms with E-state index in [-0.39, 0.29) is 17.4 Å². The molecule has 1 aliphatic heterocycles. The molecular formula is C19H29BF2O2. The molecule has 5 heteroatoms. The SMILES string of the molecule is CC(C)(C)CCC(F)(F)c1cccc(B2OC(C)(C)C(C)(C)O2)c1. The van der Waals surface area contributed by atoms with E-state index in [4.69, 9.17) is 9.31 Å². The van der Waals surface area contributed by atoms with Crippen molar-refractivity contribution in [1.29, 1.82) is 0 Å². The van der Waals surface area contributed by atoms with Crippen LogP contribution in [0.25, 0.3) is 0 Å². The van der Waals surface area contributed by atoms with Gasteiger partial charge in [-0.05, 0) is 45.0 Å². The third-order valence-corrected chi connectivity index (χ3v) is 5.02. The van der Waals surface area contributed by atoms with Crippen LogP contribution >= 0.6 is 0 Å². The van der Waals surface area contributed by atoms with Gasteiger partial charge in [0.2, 0.25) is 0 Å². The van der Waals surface area contributed by atoms with Crippen molar-refractivity contribution in [2.75, 3.05) is 0 Å². The second-order valence-corrected chi connectivity index (χ2v) is 8.98. The third kappa shape index (κ3) is 4.18. The number of benzene rings is 1. The maximum Gasteiger partial charge on any atom is 0.494 e. The minimum Gasteiger partial charge on any atom is -0.399 e. The van der Waals surface area contributed by atoms with E-state index >= 15 is 0 Å². The molecule has 1 aromatic rings. The number of alkyl halides is 2. The zero-order valence-corrected chi connectivity index (χ0v) is 15.9. The fourth-order valence-corrected chi connectivity index (χ4v) is 2.57. The molecule has 2 rings (SSSR count). The normalized spacial score (nSPS) is 20.5. The molecule has 134 valence electrons. The van der Waals surface area contributed by atoms with Gasteiger partial charge in [-0.25, -0.2) is 8.78 Å². The highest BCUT2D eigenvalue weighted by Gasteiger charge is 2.52. The molecule has 2 nitrogen and oxygen atoms in total. The van der Waals surface area contributed by atoms with E-state index in [2.05, 4.69) is 0 Å². The summed E-state index contributed by atoms with van der Waals surface area (Å²) in [6.07, 6.45) is 0.296. The van der Waals surface area contributed by atoms with Crippen LogP contribution in [0.5, 0.6) is 0 Å². The van der Waals surface area contributed by atoms with Crippen molar-refractivity contribution in [3.05, 3.63) is 29.8 Å². The van der Waals surface area contributed by atoms with Gasteiger partial charge in [0.15, 0.2) is 0 Å². The Balaban J connectivity index is 2.21. The van der Waals surface area contributed by atoms with Crippen LogP contribution in [0.2, 0.25) is 0 Å². The van der Waals surface area contributed by atoms with Gasteiger partial charge in [0, 0.05) is 12.0 Å². The maximum absolute atomic E-state index is 14.6. The lowest BCUT2D eigenvalue weighted by atomic mass is 9.77. The quantitative estimate of drug-likeness (QED) is 0.727. The Hall–Kier alpha value is -0.935. The standard InChI is InChI=1S/C19H29BF2O2/c1-16(2,3)11-12-19(21,22)14-9-8-10-15(13-14)20-23-17(4,5)18(6,7)24-20/h8-10,13H,11-12H2,1-7H3. The van der Waals surface area contributed by atoms with Gasteiger partial charge in [-0.15, -0.1) is 0 Å². The molecular weight excluding hydrogens is 309 g/mol. The van der Waals surface area contributed by atoms with Gasteiger partial charge >= 0.3 is 7.12 Å². The summed E-state index contributed by atoms with van der Waals surface area (Å²) in [5.74, 6) is -2.85. The second-order valence-electron chi connectivity index (χ2n) is 8.98. The van der Waals surface area contributed by atoms with Crippen molar-refractivity contribution < 1.29 is 18.1 Å². The average molecular weight is 338 g/mol. The number of rotatable bonds is 4. The van der Waals surface area contributed by atoms with Crippen LogP contribution in [0.1, 0.15) is 66.9 Å². The molecule has 0 spiro atoms. The predicted octanol–water partition coefficient (Wildman–Crippen LogP) is 4.90. The topological polar surface area (TPSA) is 18.5 Å². The molecule has 1 aromatic carbocycles. The van der Waals surface area contributed by atoms with Gasteiger partial charge in [-0.2, -0.15) is 0 Å². The maximum atomic E-state index is 14.6. The summed E-state index contributed by atoms with van der Waals surface area (Å²) < 4.78 is 41.1. The van der Waals surface area contributed by atoms with Crippen molar-refractivity contribution in [1.82, 2.24) is 0 Å². The van der Waals surface area contributed by atoms with Gasteiger partial charge < -0.3 is 9.31 Å². The number of hydrogen-bond donors (Lipinski definition) is 0. The fourth-order valence-electron chi connectivity index (χ4n) is 2.57. The Kier molecular flexibility index (Phi) is 4.93. The van der Waals surface area contributed by atoms with Crippen LogP contribution in [0.3, 0.4) is 0 Å². The Morgan fingerprint density at radius 3 is 2.00 bits per heavy atom. The lowest BCUT2D eigenvalue weighted by Crippen LogP contribution is -2.41. The van der Waals surface area contributed by atoms with E-state index in [1.165, 1.54) is 12.1 Å². The molecule has 0 atom stereocenters. The first-order chi connectivity index (χ1) is 10.7. The monoisotopic (exact) mass is 338 g/mol. The van der Waals surface area contributed by atoms with Gasteiger partial charge in [0.25, 0.3) is 5.92 Å². The summed E-state index contributed by atoms with van der Waals surface area (Å²) in [6, 6.07) is 6.44. The molecule has 0 aliphatic carbocycles. The molecule has 1 saturated heterocycles. The third-order valence-electron chi connectivity index (χ3n) is 5.02. The average Bonchev–Trinajstić information content (AvgIpc) is 2.65. The van der Waals surface area contributed by atoms with Gasteiger partial charge in [-0.3, -0.25) is 0 Å². The highest BCUT2D eigenvalue weighted by molar-refractivity contribution is 6.62. The van der Waals surface area contributed by atoms with Crippen LogP contribution in [0, 0.1) is 5.41 Å². The van der Waals surface area contributed by atoms with E-state index in [1.54, 1.807) is 12.1 Å². The summed E-state index contributed by atoms with van der Waals surface area (Å²) in [5.41, 5.74) is -0.419. The Bertz CT molecular complexity index is 575. The fraction of sp³-hybridized carbons (Fsp3) is 0.684. The molecule has 1 fully saturated rings. The molecule has 0 saturated carbocycles. The summed E-state index contributed by atoms with van der Waals surface area (Å²) in [6.45, 7) is 13.7. The Morgan fingerprint density at radius 1 is 0.958 bits per heavy atom. The van der Waals surface area contributed by atoms with Gasteiger partial charge in [0.1, 0.15) is 0 Å². The minimum absolute atomic E-state index is 0.0268. The lowest BCUT2D eigenvalue weighted by molar-refractivity contribution is -0.0228. The first-order valence-corrected chi connectivity index (χ1v) is 8.57. The van der Waals surface area contributed by atoms with Crippen molar-refractivity contribution >= 4 is 12.6 Å². The molecule has 0 radical (unpaired) electrons. The van der Waals surface area contributed by atoms with E-state index in [0.717, 1.165) is 0 Å². The van der Waals surface area contributed by atoms with Crippen LogP contribution in [-0.2, 0) is 15.2 Å². The van der Waals surface area contributed by atoms with Gasteiger partial charge in [0.05, 0.1) is 11.2 Å². The van der Waals surface area contributed by atoms with Crippen molar-refractivity contribution in [3.8, 4) is 0 Å². The lowest BCUT2D eigenvalue weighted by Gasteiger charge is -2.32. The first kappa shape index (κ1) is 19.4. The highest BCUT2D eigenvalue weighted by Crippen LogP contribution is 2.38. The van der Waals surface area contributed by atoms with Crippen molar-refractivity contribution in [2.45, 2.75) is 78.4 Å². The molecule has 0 aromatic heterocycles. The summed E-state index contributed by atoms with van der Waals surface area (Å²) in [7, 11) is -0.617. The largest absolute Gasteiger partial charge is 0.494 e. The first-order valence-electron chi connectivity index (χ1n) is 8.57. The van der Waals surface area contributed by atoms with Gasteiger partial charge in [-0.1, -0.05) is 45.0 Å². The van der Waals surface area contributed by atoms with Crippen LogP contribution in [0.15, 0.2) is 24.3 Å². The molecule has 24 heavy (non-hydrogen) atoms.